The first-order chi connectivity index (χ1) is 10.2. The summed E-state index contributed by atoms with van der Waals surface area (Å²) in [5, 5.41) is 0. The average molecular weight is 292 g/mol. The molecule has 0 aromatic carbocycles. The monoisotopic (exact) mass is 292 g/mol. The fraction of sp³-hybridized carbons (Fsp3) is 0.643. The summed E-state index contributed by atoms with van der Waals surface area (Å²) in [6, 6.07) is 0.314. The van der Waals surface area contributed by atoms with Crippen molar-refractivity contribution in [1.29, 1.82) is 0 Å². The Morgan fingerprint density at radius 1 is 1.43 bits per heavy atom. The van der Waals surface area contributed by atoms with Gasteiger partial charge in [-0.25, -0.2) is 15.8 Å². The SMILES string of the molecule is CCCc1c(NN)ncnc1N(CC(N)=O)C1CCCC1. The number of hydrazine groups is 1. The molecule has 1 aromatic heterocycles. The molecule has 0 aliphatic heterocycles. The number of anilines is 2. The van der Waals surface area contributed by atoms with Crippen molar-refractivity contribution in [2.45, 2.75) is 51.5 Å². The Bertz CT molecular complexity index is 486. The number of nitrogen functional groups attached to an aromatic ring is 1. The number of carbonyl (C=O) groups excluding carboxylic acids is 1. The van der Waals surface area contributed by atoms with Crippen LogP contribution >= 0.6 is 0 Å². The number of aromatic nitrogens is 2. The molecule has 0 radical (unpaired) electrons. The Kier molecular flexibility index (Phi) is 5.32. The van der Waals surface area contributed by atoms with Crippen molar-refractivity contribution in [2.24, 2.45) is 11.6 Å². The van der Waals surface area contributed by atoms with Crippen LogP contribution in [0.5, 0.6) is 0 Å². The molecule has 2 rings (SSSR count). The number of amides is 1. The van der Waals surface area contributed by atoms with Crippen molar-refractivity contribution < 1.29 is 4.79 Å². The lowest BCUT2D eigenvalue weighted by atomic mass is 10.1. The van der Waals surface area contributed by atoms with Gasteiger partial charge in [0.2, 0.25) is 5.91 Å². The molecule has 0 atom stereocenters. The standard InChI is InChI=1S/C14H24N6O/c1-2-5-11-13(19-16)17-9-18-14(11)20(8-12(15)21)10-6-3-4-7-10/h9-10H,2-8,16H2,1H3,(H2,15,21)(H,17,18,19). The largest absolute Gasteiger partial charge is 0.368 e. The van der Waals surface area contributed by atoms with Gasteiger partial charge in [-0.1, -0.05) is 26.2 Å². The maximum atomic E-state index is 11.5. The van der Waals surface area contributed by atoms with Gasteiger partial charge in [-0.15, -0.1) is 0 Å². The number of nitrogens with one attached hydrogen (secondary N) is 1. The lowest BCUT2D eigenvalue weighted by Crippen LogP contribution is -2.41. The molecular formula is C14H24N6O. The topological polar surface area (TPSA) is 110 Å². The Morgan fingerprint density at radius 2 is 2.14 bits per heavy atom. The minimum absolute atomic E-state index is 0.183. The van der Waals surface area contributed by atoms with Crippen LogP contribution in [0.1, 0.15) is 44.6 Å². The molecule has 116 valence electrons. The minimum Gasteiger partial charge on any atom is -0.368 e. The molecule has 0 saturated heterocycles. The number of hydrogen-bond donors (Lipinski definition) is 3. The van der Waals surface area contributed by atoms with E-state index < -0.39 is 0 Å². The Balaban J connectivity index is 2.39. The van der Waals surface area contributed by atoms with Crippen molar-refractivity contribution in [2.75, 3.05) is 16.9 Å². The summed E-state index contributed by atoms with van der Waals surface area (Å²) in [5.41, 5.74) is 9.01. The number of carbonyl (C=O) groups is 1. The fourth-order valence-electron chi connectivity index (χ4n) is 3.02. The van der Waals surface area contributed by atoms with Gasteiger partial charge in [0.05, 0.1) is 6.54 Å². The maximum absolute atomic E-state index is 11.5. The van der Waals surface area contributed by atoms with Gasteiger partial charge in [-0.05, 0) is 19.3 Å². The first-order valence-corrected chi connectivity index (χ1v) is 7.52. The van der Waals surface area contributed by atoms with E-state index in [2.05, 4.69) is 22.3 Å². The second-order valence-corrected chi connectivity index (χ2v) is 5.45. The molecule has 5 N–H and O–H groups in total. The zero-order valence-corrected chi connectivity index (χ0v) is 12.5. The highest BCUT2D eigenvalue weighted by atomic mass is 16.1. The van der Waals surface area contributed by atoms with Crippen molar-refractivity contribution in [1.82, 2.24) is 9.97 Å². The highest BCUT2D eigenvalue weighted by Crippen LogP contribution is 2.31. The van der Waals surface area contributed by atoms with Crippen LogP contribution in [0.25, 0.3) is 0 Å². The first kappa shape index (κ1) is 15.5. The number of hydrogen-bond acceptors (Lipinski definition) is 6. The lowest BCUT2D eigenvalue weighted by molar-refractivity contribution is -0.116. The molecule has 21 heavy (non-hydrogen) atoms. The van der Waals surface area contributed by atoms with Gasteiger partial charge in [-0.3, -0.25) is 4.79 Å². The van der Waals surface area contributed by atoms with Crippen molar-refractivity contribution >= 4 is 17.5 Å². The highest BCUT2D eigenvalue weighted by molar-refractivity contribution is 5.80. The van der Waals surface area contributed by atoms with E-state index in [4.69, 9.17) is 11.6 Å². The molecule has 1 heterocycles. The molecular weight excluding hydrogens is 268 g/mol. The number of nitrogens with zero attached hydrogens (tertiary/aromatic N) is 3. The molecule has 0 bridgehead atoms. The summed E-state index contributed by atoms with van der Waals surface area (Å²) in [4.78, 5) is 22.1. The van der Waals surface area contributed by atoms with E-state index in [1.54, 1.807) is 0 Å². The molecule has 1 saturated carbocycles. The predicted molar refractivity (Wildman–Crippen MR) is 82.6 cm³/mol. The molecule has 1 fully saturated rings. The van der Waals surface area contributed by atoms with E-state index in [0.717, 1.165) is 37.1 Å². The van der Waals surface area contributed by atoms with Crippen LogP contribution in [-0.4, -0.2) is 28.5 Å². The van der Waals surface area contributed by atoms with E-state index in [1.165, 1.54) is 19.2 Å². The Labute approximate surface area is 125 Å². The normalized spacial score (nSPS) is 15.1. The average Bonchev–Trinajstić information content (AvgIpc) is 2.99. The van der Waals surface area contributed by atoms with Gasteiger partial charge < -0.3 is 16.1 Å². The van der Waals surface area contributed by atoms with Gasteiger partial charge in [0, 0.05) is 11.6 Å². The first-order valence-electron chi connectivity index (χ1n) is 7.52. The zero-order chi connectivity index (χ0) is 15.2. The summed E-state index contributed by atoms with van der Waals surface area (Å²) in [6.45, 7) is 2.27. The van der Waals surface area contributed by atoms with Crippen LogP contribution in [0.2, 0.25) is 0 Å². The molecule has 0 spiro atoms. The predicted octanol–water partition coefficient (Wildman–Crippen LogP) is 0.949. The van der Waals surface area contributed by atoms with Crippen molar-refractivity contribution in [3.8, 4) is 0 Å². The van der Waals surface area contributed by atoms with Crippen LogP contribution in [0.15, 0.2) is 6.33 Å². The Morgan fingerprint density at radius 3 is 2.71 bits per heavy atom. The number of rotatable bonds is 7. The molecule has 1 aliphatic rings. The summed E-state index contributed by atoms with van der Waals surface area (Å²) < 4.78 is 0. The smallest absolute Gasteiger partial charge is 0.237 e. The summed E-state index contributed by atoms with van der Waals surface area (Å²) in [6.07, 6.45) is 7.71. The van der Waals surface area contributed by atoms with Crippen LogP contribution in [0.3, 0.4) is 0 Å². The van der Waals surface area contributed by atoms with Crippen molar-refractivity contribution in [3.05, 3.63) is 11.9 Å². The van der Waals surface area contributed by atoms with Gasteiger partial charge >= 0.3 is 0 Å². The molecule has 0 unspecified atom stereocenters. The number of nitrogens with two attached hydrogens (primary N) is 2. The van der Waals surface area contributed by atoms with E-state index in [1.807, 2.05) is 4.90 Å². The number of primary amides is 1. The minimum atomic E-state index is -0.342. The third kappa shape index (κ3) is 3.60. The zero-order valence-electron chi connectivity index (χ0n) is 12.5. The van der Waals surface area contributed by atoms with Gasteiger partial charge in [0.1, 0.15) is 18.0 Å². The lowest BCUT2D eigenvalue weighted by Gasteiger charge is -2.31. The van der Waals surface area contributed by atoms with Crippen LogP contribution < -0.4 is 21.9 Å². The quantitative estimate of drug-likeness (QED) is 0.510. The maximum Gasteiger partial charge on any atom is 0.237 e. The van der Waals surface area contributed by atoms with Gasteiger partial charge in [0.15, 0.2) is 0 Å². The van der Waals surface area contributed by atoms with E-state index in [9.17, 15) is 4.79 Å². The summed E-state index contributed by atoms with van der Waals surface area (Å²) >= 11 is 0. The summed E-state index contributed by atoms with van der Waals surface area (Å²) in [7, 11) is 0. The second-order valence-electron chi connectivity index (χ2n) is 5.45. The third-order valence-electron chi connectivity index (χ3n) is 3.92. The highest BCUT2D eigenvalue weighted by Gasteiger charge is 2.27. The van der Waals surface area contributed by atoms with Gasteiger partial charge in [0.25, 0.3) is 0 Å². The van der Waals surface area contributed by atoms with Gasteiger partial charge in [-0.2, -0.15) is 0 Å². The molecule has 7 nitrogen and oxygen atoms in total. The van der Waals surface area contributed by atoms with Crippen LogP contribution in [0.4, 0.5) is 11.6 Å². The van der Waals surface area contributed by atoms with E-state index >= 15 is 0 Å². The molecule has 1 amide bonds. The second kappa shape index (κ2) is 7.21. The van der Waals surface area contributed by atoms with Crippen LogP contribution in [-0.2, 0) is 11.2 Å². The van der Waals surface area contributed by atoms with E-state index in [-0.39, 0.29) is 12.5 Å². The van der Waals surface area contributed by atoms with E-state index in [0.29, 0.717) is 11.9 Å². The molecule has 7 heteroatoms. The fourth-order valence-corrected chi connectivity index (χ4v) is 3.02. The third-order valence-corrected chi connectivity index (χ3v) is 3.92. The molecule has 1 aliphatic carbocycles. The molecule has 1 aromatic rings. The van der Waals surface area contributed by atoms with Crippen molar-refractivity contribution in [3.63, 3.8) is 0 Å². The summed E-state index contributed by atoms with van der Waals surface area (Å²) in [5.74, 6) is 6.61. The van der Waals surface area contributed by atoms with Crippen LogP contribution in [0, 0.1) is 0 Å². The Hall–Kier alpha value is -1.89.